The van der Waals surface area contributed by atoms with Gasteiger partial charge in [0.1, 0.15) is 0 Å². The van der Waals surface area contributed by atoms with Crippen LogP contribution in [0.5, 0.6) is 0 Å². The van der Waals surface area contributed by atoms with Crippen molar-refractivity contribution in [1.82, 2.24) is 10.8 Å². The van der Waals surface area contributed by atoms with E-state index in [1.54, 1.807) is 0 Å². The Bertz CT molecular complexity index is 196. The van der Waals surface area contributed by atoms with Gasteiger partial charge in [-0.2, -0.15) is 0 Å². The fraction of sp³-hybridized carbons (Fsp3) is 0.900. The molecule has 0 aromatic carbocycles. The van der Waals surface area contributed by atoms with E-state index in [4.69, 9.17) is 4.84 Å². The Kier molecular flexibility index (Phi) is 3.37. The molecular formula is C10H18N2O2. The van der Waals surface area contributed by atoms with Crippen LogP contribution in [0.4, 0.5) is 0 Å². The Hall–Kier alpha value is -0.610. The molecule has 2 rings (SSSR count). The molecule has 1 heterocycles. The van der Waals surface area contributed by atoms with Gasteiger partial charge in [-0.1, -0.05) is 12.8 Å². The number of carbonyl (C=O) groups is 1. The number of hydrogen-bond donors (Lipinski definition) is 2. The van der Waals surface area contributed by atoms with E-state index in [0.29, 0.717) is 0 Å². The summed E-state index contributed by atoms with van der Waals surface area (Å²) in [6.07, 6.45) is 5.82. The first-order chi connectivity index (χ1) is 6.86. The lowest BCUT2D eigenvalue weighted by atomic mass is 10.1. The lowest BCUT2D eigenvalue weighted by Gasteiger charge is -2.13. The summed E-state index contributed by atoms with van der Waals surface area (Å²) in [6.45, 7) is 1.74. The predicted molar refractivity (Wildman–Crippen MR) is 52.5 cm³/mol. The maximum Gasteiger partial charge on any atom is 0.247 e. The van der Waals surface area contributed by atoms with Gasteiger partial charge in [0, 0.05) is 6.54 Å². The van der Waals surface area contributed by atoms with E-state index in [1.165, 1.54) is 12.8 Å². The second-order valence-corrected chi connectivity index (χ2v) is 4.18. The molecule has 0 spiro atoms. The van der Waals surface area contributed by atoms with Crippen LogP contribution >= 0.6 is 0 Å². The van der Waals surface area contributed by atoms with Crippen molar-refractivity contribution in [3.05, 3.63) is 0 Å². The van der Waals surface area contributed by atoms with E-state index in [2.05, 4.69) is 10.8 Å². The summed E-state index contributed by atoms with van der Waals surface area (Å²) in [5.74, 6) is 0.151. The Morgan fingerprint density at radius 1 is 1.29 bits per heavy atom. The van der Waals surface area contributed by atoms with Crippen LogP contribution in [0.1, 0.15) is 32.1 Å². The largest absolute Gasteiger partial charge is 0.316 e. The van der Waals surface area contributed by atoms with Crippen LogP contribution in [0.25, 0.3) is 0 Å². The highest BCUT2D eigenvalue weighted by molar-refractivity contribution is 5.78. The molecule has 4 nitrogen and oxygen atoms in total. The van der Waals surface area contributed by atoms with Gasteiger partial charge in [-0.15, -0.1) is 0 Å². The Morgan fingerprint density at radius 3 is 2.71 bits per heavy atom. The lowest BCUT2D eigenvalue weighted by molar-refractivity contribution is -0.141. The van der Waals surface area contributed by atoms with Crippen LogP contribution in [-0.4, -0.2) is 25.1 Å². The highest BCUT2D eigenvalue weighted by Crippen LogP contribution is 2.20. The molecule has 1 aliphatic heterocycles. The molecule has 1 unspecified atom stereocenters. The minimum Gasteiger partial charge on any atom is -0.316 e. The minimum atomic E-state index is 0.0434. The number of nitrogens with one attached hydrogen (secondary N) is 2. The van der Waals surface area contributed by atoms with E-state index < -0.39 is 0 Å². The van der Waals surface area contributed by atoms with Crippen molar-refractivity contribution in [1.29, 1.82) is 0 Å². The standard InChI is InChI=1S/C10H18N2O2/c13-10(8-5-6-11-7-8)12-14-9-3-1-2-4-9/h8-9,11H,1-7H2,(H,12,13). The zero-order valence-electron chi connectivity index (χ0n) is 8.42. The quantitative estimate of drug-likeness (QED) is 0.652. The van der Waals surface area contributed by atoms with Crippen LogP contribution in [0.3, 0.4) is 0 Å². The van der Waals surface area contributed by atoms with Gasteiger partial charge in [-0.25, -0.2) is 5.48 Å². The van der Waals surface area contributed by atoms with Crippen LogP contribution in [0, 0.1) is 5.92 Å². The molecule has 0 bridgehead atoms. The molecule has 1 aliphatic carbocycles. The Labute approximate surface area is 84.3 Å². The van der Waals surface area contributed by atoms with Gasteiger partial charge in [-0.3, -0.25) is 9.63 Å². The SMILES string of the molecule is O=C(NOC1CCCC1)C1CCNC1. The fourth-order valence-electron chi connectivity index (χ4n) is 2.11. The molecule has 2 aliphatic rings. The highest BCUT2D eigenvalue weighted by atomic mass is 16.7. The van der Waals surface area contributed by atoms with E-state index in [9.17, 15) is 4.79 Å². The molecule has 1 amide bonds. The molecule has 80 valence electrons. The molecule has 4 heteroatoms. The summed E-state index contributed by atoms with van der Waals surface area (Å²) in [7, 11) is 0. The maximum absolute atomic E-state index is 11.5. The predicted octanol–water partition coefficient (Wildman–Crippen LogP) is 0.586. The maximum atomic E-state index is 11.5. The summed E-state index contributed by atoms with van der Waals surface area (Å²) >= 11 is 0. The van der Waals surface area contributed by atoms with Crippen LogP contribution in [0.15, 0.2) is 0 Å². The van der Waals surface area contributed by atoms with Crippen LogP contribution in [0.2, 0.25) is 0 Å². The first-order valence-electron chi connectivity index (χ1n) is 5.52. The van der Waals surface area contributed by atoms with Crippen molar-refractivity contribution in [2.75, 3.05) is 13.1 Å². The molecule has 0 radical (unpaired) electrons. The number of carbonyl (C=O) groups excluding carboxylic acids is 1. The molecule has 2 fully saturated rings. The van der Waals surface area contributed by atoms with Crippen LogP contribution < -0.4 is 10.8 Å². The van der Waals surface area contributed by atoms with Crippen molar-refractivity contribution in [3.8, 4) is 0 Å². The molecule has 14 heavy (non-hydrogen) atoms. The summed E-state index contributed by atoms with van der Waals surface area (Å²) < 4.78 is 0. The summed E-state index contributed by atoms with van der Waals surface area (Å²) in [4.78, 5) is 16.9. The summed E-state index contributed by atoms with van der Waals surface area (Å²) in [5.41, 5.74) is 2.59. The number of amides is 1. The molecule has 0 aromatic heterocycles. The second-order valence-electron chi connectivity index (χ2n) is 4.18. The Balaban J connectivity index is 1.66. The average molecular weight is 198 g/mol. The smallest absolute Gasteiger partial charge is 0.247 e. The van der Waals surface area contributed by atoms with Gasteiger partial charge in [0.2, 0.25) is 5.91 Å². The van der Waals surface area contributed by atoms with E-state index in [-0.39, 0.29) is 17.9 Å². The van der Waals surface area contributed by atoms with Crippen molar-refractivity contribution >= 4 is 5.91 Å². The second kappa shape index (κ2) is 4.75. The van der Waals surface area contributed by atoms with Crippen molar-refractivity contribution in [2.24, 2.45) is 5.92 Å². The normalized spacial score (nSPS) is 28.1. The van der Waals surface area contributed by atoms with Crippen molar-refractivity contribution in [2.45, 2.75) is 38.2 Å². The zero-order valence-corrected chi connectivity index (χ0v) is 8.42. The molecule has 0 aromatic rings. The van der Waals surface area contributed by atoms with Gasteiger partial charge < -0.3 is 5.32 Å². The minimum absolute atomic E-state index is 0.0434. The van der Waals surface area contributed by atoms with Crippen LogP contribution in [-0.2, 0) is 9.63 Å². The van der Waals surface area contributed by atoms with Gasteiger partial charge in [0.15, 0.2) is 0 Å². The summed E-state index contributed by atoms with van der Waals surface area (Å²) in [5, 5.41) is 3.16. The molecule has 1 atom stereocenters. The lowest BCUT2D eigenvalue weighted by Crippen LogP contribution is -2.34. The van der Waals surface area contributed by atoms with Gasteiger partial charge in [-0.05, 0) is 25.8 Å². The topological polar surface area (TPSA) is 50.4 Å². The summed E-state index contributed by atoms with van der Waals surface area (Å²) in [6, 6.07) is 0. The van der Waals surface area contributed by atoms with E-state index in [1.807, 2.05) is 0 Å². The highest BCUT2D eigenvalue weighted by Gasteiger charge is 2.24. The number of rotatable bonds is 3. The fourth-order valence-corrected chi connectivity index (χ4v) is 2.11. The molecular weight excluding hydrogens is 180 g/mol. The Morgan fingerprint density at radius 2 is 2.07 bits per heavy atom. The third kappa shape index (κ3) is 2.45. The third-order valence-electron chi connectivity index (χ3n) is 3.06. The van der Waals surface area contributed by atoms with E-state index >= 15 is 0 Å². The number of hydroxylamine groups is 1. The number of hydrogen-bond acceptors (Lipinski definition) is 3. The monoisotopic (exact) mass is 198 g/mol. The van der Waals surface area contributed by atoms with Gasteiger partial charge in [0.05, 0.1) is 12.0 Å². The first kappa shape index (κ1) is 9.93. The van der Waals surface area contributed by atoms with Gasteiger partial charge in [0.25, 0.3) is 0 Å². The molecule has 1 saturated carbocycles. The van der Waals surface area contributed by atoms with Crippen molar-refractivity contribution < 1.29 is 9.63 Å². The molecule has 1 saturated heterocycles. The van der Waals surface area contributed by atoms with Crippen molar-refractivity contribution in [3.63, 3.8) is 0 Å². The third-order valence-corrected chi connectivity index (χ3v) is 3.06. The molecule has 2 N–H and O–H groups in total. The average Bonchev–Trinajstić information content (AvgIpc) is 2.87. The zero-order chi connectivity index (χ0) is 9.80. The van der Waals surface area contributed by atoms with Gasteiger partial charge >= 0.3 is 0 Å². The van der Waals surface area contributed by atoms with E-state index in [0.717, 1.165) is 32.4 Å². The first-order valence-corrected chi connectivity index (χ1v) is 5.52.